The summed E-state index contributed by atoms with van der Waals surface area (Å²) in [6.45, 7) is 9.58. The van der Waals surface area contributed by atoms with Gasteiger partial charge < -0.3 is 4.74 Å². The molecular weight excluding hydrogens is 311 g/mol. The van der Waals surface area contributed by atoms with Crippen LogP contribution >= 0.6 is 24.0 Å². The van der Waals surface area contributed by atoms with Gasteiger partial charge in [-0.3, -0.25) is 10.2 Å². The lowest BCUT2D eigenvalue weighted by Gasteiger charge is -2.30. The molecule has 120 valence electrons. The Morgan fingerprint density at radius 2 is 1.81 bits per heavy atom. The fourth-order valence-electron chi connectivity index (χ4n) is 2.07. The highest BCUT2D eigenvalue weighted by atomic mass is 35.5. The minimum absolute atomic E-state index is 0. The van der Waals surface area contributed by atoms with Crippen molar-refractivity contribution >= 4 is 35.8 Å². The van der Waals surface area contributed by atoms with Crippen LogP contribution in [0.1, 0.15) is 27.7 Å². The molecule has 0 fully saturated rings. The van der Waals surface area contributed by atoms with Crippen molar-refractivity contribution in [1.29, 1.82) is 0 Å². The van der Waals surface area contributed by atoms with E-state index in [9.17, 15) is 4.79 Å². The molecule has 1 amide bonds. The van der Waals surface area contributed by atoms with E-state index in [2.05, 4.69) is 37.9 Å². The second kappa shape index (κ2) is 9.87. The third kappa shape index (κ3) is 7.02. The summed E-state index contributed by atoms with van der Waals surface area (Å²) < 4.78 is 5.18. The number of rotatable bonds is 6. The van der Waals surface area contributed by atoms with Gasteiger partial charge in [-0.2, -0.15) is 0 Å². The molecule has 6 heteroatoms. The van der Waals surface area contributed by atoms with E-state index in [-0.39, 0.29) is 12.4 Å². The zero-order valence-corrected chi connectivity index (χ0v) is 14.5. The summed E-state index contributed by atoms with van der Waals surface area (Å²) in [5.41, 5.74) is 0.559. The summed E-state index contributed by atoms with van der Waals surface area (Å²) in [4.78, 5) is 13.9. The van der Waals surface area contributed by atoms with Gasteiger partial charge in [-0.1, -0.05) is 23.7 Å². The number of nitrogens with one attached hydrogen (secondary N) is 1. The van der Waals surface area contributed by atoms with E-state index in [0.717, 1.165) is 0 Å². The fourth-order valence-corrected chi connectivity index (χ4v) is 2.25. The molecular formula is C15H24Cl2N2O2. The Labute approximate surface area is 138 Å². The predicted molar refractivity (Wildman–Crippen MR) is 90.6 cm³/mol. The Bertz CT molecular complexity index is 431. The maximum atomic E-state index is 11.7. The maximum Gasteiger partial charge on any atom is 0.411 e. The highest BCUT2D eigenvalue weighted by Gasteiger charge is 2.14. The molecule has 0 atom stereocenters. The van der Waals surface area contributed by atoms with Crippen LogP contribution in [0, 0.1) is 0 Å². The normalized spacial score (nSPS) is 10.7. The average Bonchev–Trinajstić information content (AvgIpc) is 2.36. The molecule has 1 aromatic rings. The van der Waals surface area contributed by atoms with Crippen LogP contribution in [0.15, 0.2) is 24.3 Å². The molecule has 1 rings (SSSR count). The van der Waals surface area contributed by atoms with Crippen molar-refractivity contribution in [3.8, 4) is 0 Å². The third-order valence-corrected chi connectivity index (χ3v) is 3.35. The Hall–Kier alpha value is -0.970. The molecule has 0 aliphatic heterocycles. The van der Waals surface area contributed by atoms with E-state index in [1.165, 1.54) is 0 Å². The number of nitrogens with zero attached hydrogens (tertiary/aromatic N) is 1. The molecule has 0 saturated heterocycles. The number of hydrogen-bond donors (Lipinski definition) is 1. The number of para-hydroxylation sites is 1. The lowest BCUT2D eigenvalue weighted by molar-refractivity contribution is 0.111. The van der Waals surface area contributed by atoms with Gasteiger partial charge in [-0.05, 0) is 39.8 Å². The molecule has 0 aromatic heterocycles. The molecule has 0 saturated carbocycles. The zero-order valence-electron chi connectivity index (χ0n) is 12.9. The van der Waals surface area contributed by atoms with Gasteiger partial charge in [0, 0.05) is 18.6 Å². The third-order valence-electron chi connectivity index (χ3n) is 3.02. The minimum atomic E-state index is -0.481. The van der Waals surface area contributed by atoms with E-state index in [1.807, 2.05) is 6.07 Å². The maximum absolute atomic E-state index is 11.7. The predicted octanol–water partition coefficient (Wildman–Crippen LogP) is 4.43. The van der Waals surface area contributed by atoms with Crippen LogP contribution in [-0.4, -0.2) is 36.2 Å². The van der Waals surface area contributed by atoms with Crippen LogP contribution in [0.3, 0.4) is 0 Å². The van der Waals surface area contributed by atoms with E-state index in [0.29, 0.717) is 35.9 Å². The van der Waals surface area contributed by atoms with Crippen molar-refractivity contribution in [2.24, 2.45) is 0 Å². The molecule has 0 spiro atoms. The standard InChI is InChI=1S/C15H23ClN2O2.ClH/c1-11(2)18(12(3)4)9-10-20-15(19)17-14-8-6-5-7-13(14)16;/h5-8,11-12H,9-10H2,1-4H3,(H,17,19);1H. The van der Waals surface area contributed by atoms with Gasteiger partial charge in [0.1, 0.15) is 6.61 Å². The summed E-state index contributed by atoms with van der Waals surface area (Å²) in [6.07, 6.45) is -0.481. The number of ether oxygens (including phenoxy) is 1. The van der Waals surface area contributed by atoms with Crippen LogP contribution < -0.4 is 5.32 Å². The fraction of sp³-hybridized carbons (Fsp3) is 0.533. The number of carbonyl (C=O) groups excluding carboxylic acids is 1. The smallest absolute Gasteiger partial charge is 0.411 e. The van der Waals surface area contributed by atoms with E-state index < -0.39 is 6.09 Å². The molecule has 1 N–H and O–H groups in total. The van der Waals surface area contributed by atoms with Crippen molar-refractivity contribution < 1.29 is 9.53 Å². The van der Waals surface area contributed by atoms with E-state index in [4.69, 9.17) is 16.3 Å². The minimum Gasteiger partial charge on any atom is -0.448 e. The number of anilines is 1. The van der Waals surface area contributed by atoms with Gasteiger partial charge in [-0.15, -0.1) is 12.4 Å². The molecule has 0 aliphatic carbocycles. The van der Waals surface area contributed by atoms with Crippen molar-refractivity contribution in [3.05, 3.63) is 29.3 Å². The van der Waals surface area contributed by atoms with Gasteiger partial charge in [0.15, 0.2) is 0 Å². The number of carbonyl (C=O) groups is 1. The molecule has 4 nitrogen and oxygen atoms in total. The van der Waals surface area contributed by atoms with Crippen LogP contribution in [0.2, 0.25) is 5.02 Å². The van der Waals surface area contributed by atoms with Crippen LogP contribution in [-0.2, 0) is 4.74 Å². The molecule has 0 unspecified atom stereocenters. The van der Waals surface area contributed by atoms with Crippen LogP contribution in [0.4, 0.5) is 10.5 Å². The van der Waals surface area contributed by atoms with Gasteiger partial charge in [0.25, 0.3) is 0 Å². The summed E-state index contributed by atoms with van der Waals surface area (Å²) in [6, 6.07) is 7.91. The summed E-state index contributed by atoms with van der Waals surface area (Å²) in [5.74, 6) is 0. The molecule has 1 aromatic carbocycles. The SMILES string of the molecule is CC(C)N(CCOC(=O)Nc1ccccc1Cl)C(C)C.Cl. The lowest BCUT2D eigenvalue weighted by Crippen LogP contribution is -2.39. The van der Waals surface area contributed by atoms with Crippen LogP contribution in [0.25, 0.3) is 0 Å². The first-order valence-corrected chi connectivity index (χ1v) is 7.23. The van der Waals surface area contributed by atoms with Gasteiger partial charge in [0.05, 0.1) is 10.7 Å². The van der Waals surface area contributed by atoms with E-state index in [1.54, 1.807) is 18.2 Å². The van der Waals surface area contributed by atoms with Crippen molar-refractivity contribution in [1.82, 2.24) is 4.90 Å². The van der Waals surface area contributed by atoms with Gasteiger partial charge >= 0.3 is 6.09 Å². The lowest BCUT2D eigenvalue weighted by atomic mass is 10.2. The number of halogens is 2. The largest absolute Gasteiger partial charge is 0.448 e. The first-order chi connectivity index (χ1) is 9.41. The zero-order chi connectivity index (χ0) is 15.1. The van der Waals surface area contributed by atoms with Crippen LogP contribution in [0.5, 0.6) is 0 Å². The second-order valence-corrected chi connectivity index (χ2v) is 5.57. The summed E-state index contributed by atoms with van der Waals surface area (Å²) >= 11 is 5.96. The first kappa shape index (κ1) is 20.0. The Kier molecular flexibility index (Phi) is 9.42. The van der Waals surface area contributed by atoms with Crippen molar-refractivity contribution in [3.63, 3.8) is 0 Å². The monoisotopic (exact) mass is 334 g/mol. The second-order valence-electron chi connectivity index (χ2n) is 5.17. The van der Waals surface area contributed by atoms with Crippen molar-refractivity contribution in [2.75, 3.05) is 18.5 Å². The summed E-state index contributed by atoms with van der Waals surface area (Å²) in [7, 11) is 0. The summed E-state index contributed by atoms with van der Waals surface area (Å²) in [5, 5.41) is 3.13. The van der Waals surface area contributed by atoms with Gasteiger partial charge in [-0.25, -0.2) is 4.79 Å². The molecule has 0 heterocycles. The van der Waals surface area contributed by atoms with E-state index >= 15 is 0 Å². The Morgan fingerprint density at radius 1 is 1.24 bits per heavy atom. The Balaban J connectivity index is 0.00000400. The highest BCUT2D eigenvalue weighted by Crippen LogP contribution is 2.20. The van der Waals surface area contributed by atoms with Crippen molar-refractivity contribution in [2.45, 2.75) is 39.8 Å². The topological polar surface area (TPSA) is 41.6 Å². The molecule has 0 aliphatic rings. The van der Waals surface area contributed by atoms with Gasteiger partial charge in [0.2, 0.25) is 0 Å². The molecule has 0 bridgehead atoms. The quantitative estimate of drug-likeness (QED) is 0.836. The highest BCUT2D eigenvalue weighted by molar-refractivity contribution is 6.33. The molecule has 0 radical (unpaired) electrons. The number of benzene rings is 1. The number of hydrogen-bond acceptors (Lipinski definition) is 3. The number of amides is 1. The first-order valence-electron chi connectivity index (χ1n) is 6.86. The molecule has 21 heavy (non-hydrogen) atoms. The average molecular weight is 335 g/mol. The Morgan fingerprint density at radius 3 is 2.33 bits per heavy atom.